The molecular formula is C34H42BBrN8O5. The third-order valence-electron chi connectivity index (χ3n) is 8.51. The van der Waals surface area contributed by atoms with Crippen molar-refractivity contribution in [3.63, 3.8) is 0 Å². The Kier molecular flexibility index (Phi) is 13.9. The first-order chi connectivity index (χ1) is 23.6. The van der Waals surface area contributed by atoms with Crippen LogP contribution in [0.3, 0.4) is 0 Å². The van der Waals surface area contributed by atoms with Crippen LogP contribution in [0.2, 0.25) is 0 Å². The van der Waals surface area contributed by atoms with Gasteiger partial charge in [0.2, 0.25) is 11.8 Å². The molecule has 4 heterocycles. The largest absolute Gasteiger partial charge is 0.497 e. The van der Waals surface area contributed by atoms with Crippen LogP contribution in [0.1, 0.15) is 31.2 Å². The van der Waals surface area contributed by atoms with Crippen LogP contribution in [0.5, 0.6) is 5.75 Å². The van der Waals surface area contributed by atoms with Gasteiger partial charge in [0.15, 0.2) is 0 Å². The van der Waals surface area contributed by atoms with E-state index in [2.05, 4.69) is 45.7 Å². The second-order valence-electron chi connectivity index (χ2n) is 11.8. The first-order valence-electron chi connectivity index (χ1n) is 16.0. The number of nitrogens with zero attached hydrogens (tertiary/aromatic N) is 6. The highest BCUT2D eigenvalue weighted by molar-refractivity contribution is 9.10. The molecule has 0 radical (unpaired) electrons. The minimum atomic E-state index is -1.35. The first kappa shape index (κ1) is 37.2. The molecule has 258 valence electrons. The quantitative estimate of drug-likeness (QED) is 0.204. The third kappa shape index (κ3) is 10.7. The Morgan fingerprint density at radius 2 is 1.29 bits per heavy atom. The predicted molar refractivity (Wildman–Crippen MR) is 193 cm³/mol. The fourth-order valence-electron chi connectivity index (χ4n) is 5.58. The predicted octanol–water partition coefficient (Wildman–Crippen LogP) is 2.47. The van der Waals surface area contributed by atoms with Crippen molar-refractivity contribution in [1.29, 1.82) is 0 Å². The Labute approximate surface area is 295 Å². The molecule has 2 aliphatic heterocycles. The summed E-state index contributed by atoms with van der Waals surface area (Å²) >= 11 is 3.42. The Morgan fingerprint density at radius 1 is 0.796 bits per heavy atom. The smallest absolute Gasteiger partial charge is 0.488 e. The van der Waals surface area contributed by atoms with Crippen LogP contribution in [0.25, 0.3) is 11.1 Å². The summed E-state index contributed by atoms with van der Waals surface area (Å²) in [7, 11) is 0.301. The number of hydrogen-bond acceptors (Lipinski definition) is 11. The highest BCUT2D eigenvalue weighted by Crippen LogP contribution is 2.32. The highest BCUT2D eigenvalue weighted by atomic mass is 79.9. The van der Waals surface area contributed by atoms with Gasteiger partial charge in [-0.2, -0.15) is 0 Å². The molecule has 2 amide bonds. The van der Waals surface area contributed by atoms with E-state index in [1.54, 1.807) is 31.8 Å². The van der Waals surface area contributed by atoms with Crippen molar-refractivity contribution in [1.82, 2.24) is 19.9 Å². The number of methoxy groups -OCH3 is 1. The lowest BCUT2D eigenvalue weighted by molar-refractivity contribution is -0.123. The van der Waals surface area contributed by atoms with E-state index in [0.717, 1.165) is 90.4 Å². The molecule has 49 heavy (non-hydrogen) atoms. The molecule has 2 saturated heterocycles. The van der Waals surface area contributed by atoms with Gasteiger partial charge in [0, 0.05) is 56.0 Å². The SMILES string of the molecule is COc1ccc(-c2cncnc2N2CCC(C(N)=O)CC2)cc1.Cc1ccc(B(O)O)cc1.NC(=O)C1CCN(c2ncncc2Br)CC1. The summed E-state index contributed by atoms with van der Waals surface area (Å²) in [6.45, 7) is 5.11. The number of ether oxygens (including phenoxy) is 1. The molecule has 0 saturated carbocycles. The zero-order chi connectivity index (χ0) is 35.3. The molecule has 6 rings (SSSR count). The zero-order valence-corrected chi connectivity index (χ0v) is 29.2. The van der Waals surface area contributed by atoms with Gasteiger partial charge in [-0.25, -0.2) is 19.9 Å². The van der Waals surface area contributed by atoms with Crippen LogP contribution >= 0.6 is 15.9 Å². The average molecular weight is 733 g/mol. The van der Waals surface area contributed by atoms with Crippen LogP contribution in [-0.2, 0) is 9.59 Å². The topological polar surface area (TPSA) is 194 Å². The van der Waals surface area contributed by atoms with Crippen LogP contribution < -0.4 is 31.5 Å². The monoisotopic (exact) mass is 732 g/mol. The van der Waals surface area contributed by atoms with Crippen molar-refractivity contribution < 1.29 is 24.4 Å². The maximum absolute atomic E-state index is 11.3. The number of benzene rings is 2. The van der Waals surface area contributed by atoms with Gasteiger partial charge < -0.3 is 36.1 Å². The Balaban J connectivity index is 0.000000180. The minimum absolute atomic E-state index is 0.0110. The lowest BCUT2D eigenvalue weighted by Crippen LogP contribution is -2.39. The summed E-state index contributed by atoms with van der Waals surface area (Å²) in [5, 5.41) is 17.3. The number of carbonyl (C=O) groups is 2. The third-order valence-corrected chi connectivity index (χ3v) is 9.07. The molecule has 0 unspecified atom stereocenters. The van der Waals surface area contributed by atoms with Gasteiger partial charge in [0.05, 0.1) is 11.6 Å². The van der Waals surface area contributed by atoms with Crippen molar-refractivity contribution in [2.75, 3.05) is 43.1 Å². The number of piperidine rings is 2. The van der Waals surface area contributed by atoms with E-state index >= 15 is 0 Å². The standard InChI is InChI=1S/C17H20N4O2.C10H13BrN4O.C7H9BO2/c1-23-14-4-2-12(3-5-14)15-10-19-11-20-17(15)21-8-6-13(7-9-21)16(18)22;11-8-5-13-6-14-10(8)15-3-1-7(2-4-15)9(12)16;1-6-2-4-7(5-3-6)8(9)10/h2-5,10-11,13H,6-9H2,1H3,(H2,18,22);5-7H,1-4H2,(H2,12,16);2-5,9-10H,1H3. The van der Waals surface area contributed by atoms with Gasteiger partial charge in [-0.15, -0.1) is 0 Å². The number of halogens is 1. The lowest BCUT2D eigenvalue weighted by atomic mass is 9.80. The summed E-state index contributed by atoms with van der Waals surface area (Å²) in [4.78, 5) is 43.5. The molecule has 4 aromatic rings. The van der Waals surface area contributed by atoms with Crippen molar-refractivity contribution in [3.8, 4) is 16.9 Å². The summed E-state index contributed by atoms with van der Waals surface area (Å²) in [6.07, 6.45) is 9.76. The van der Waals surface area contributed by atoms with E-state index in [0.29, 0.717) is 5.46 Å². The van der Waals surface area contributed by atoms with Crippen molar-refractivity contribution >= 4 is 52.0 Å². The highest BCUT2D eigenvalue weighted by Gasteiger charge is 2.26. The normalized spacial score (nSPS) is 14.9. The number of hydrogen-bond donors (Lipinski definition) is 4. The van der Waals surface area contributed by atoms with Crippen molar-refractivity contribution in [3.05, 3.63) is 83.6 Å². The summed E-state index contributed by atoms with van der Waals surface area (Å²) < 4.78 is 6.08. The number of aryl methyl sites for hydroxylation is 1. The van der Waals surface area contributed by atoms with E-state index in [1.807, 2.05) is 49.5 Å². The molecule has 0 aliphatic carbocycles. The van der Waals surface area contributed by atoms with E-state index in [4.69, 9.17) is 26.3 Å². The van der Waals surface area contributed by atoms with E-state index in [-0.39, 0.29) is 23.7 Å². The van der Waals surface area contributed by atoms with Crippen molar-refractivity contribution in [2.45, 2.75) is 32.6 Å². The number of nitrogens with two attached hydrogens (primary N) is 2. The molecule has 6 N–H and O–H groups in total. The Bertz CT molecular complexity index is 1650. The molecule has 0 atom stereocenters. The van der Waals surface area contributed by atoms with Gasteiger partial charge in [0.25, 0.3) is 0 Å². The summed E-state index contributed by atoms with van der Waals surface area (Å²) in [5.74, 6) is 2.18. The number of anilines is 2. The van der Waals surface area contributed by atoms with Crippen LogP contribution in [0, 0.1) is 18.8 Å². The van der Waals surface area contributed by atoms with Crippen LogP contribution in [0.15, 0.2) is 78.1 Å². The maximum Gasteiger partial charge on any atom is 0.488 e. The molecule has 13 nitrogen and oxygen atoms in total. The molecule has 0 spiro atoms. The second-order valence-corrected chi connectivity index (χ2v) is 12.6. The summed E-state index contributed by atoms with van der Waals surface area (Å²) in [6, 6.07) is 14.9. The average Bonchev–Trinajstić information content (AvgIpc) is 3.13. The van der Waals surface area contributed by atoms with Crippen LogP contribution in [-0.4, -0.2) is 82.2 Å². The molecule has 2 aliphatic rings. The number of rotatable bonds is 7. The maximum atomic E-state index is 11.3. The molecule has 2 aromatic heterocycles. The van der Waals surface area contributed by atoms with Gasteiger partial charge in [-0.05, 0) is 71.7 Å². The van der Waals surface area contributed by atoms with Gasteiger partial charge >= 0.3 is 7.12 Å². The fraction of sp³-hybridized carbons (Fsp3) is 0.353. The molecule has 0 bridgehead atoms. The van der Waals surface area contributed by atoms with E-state index < -0.39 is 7.12 Å². The van der Waals surface area contributed by atoms with E-state index in [1.165, 1.54) is 6.33 Å². The Morgan fingerprint density at radius 3 is 1.76 bits per heavy atom. The minimum Gasteiger partial charge on any atom is -0.497 e. The Hall–Kier alpha value is -4.60. The van der Waals surface area contributed by atoms with Gasteiger partial charge in [-0.3, -0.25) is 9.59 Å². The van der Waals surface area contributed by atoms with E-state index in [9.17, 15) is 9.59 Å². The molecular weight excluding hydrogens is 691 g/mol. The number of aromatic nitrogens is 4. The molecule has 2 aromatic carbocycles. The number of carbonyl (C=O) groups excluding carboxylic acids is 2. The molecule has 2 fully saturated rings. The summed E-state index contributed by atoms with van der Waals surface area (Å²) in [5.41, 5.74) is 14.4. The lowest BCUT2D eigenvalue weighted by Gasteiger charge is -2.32. The van der Waals surface area contributed by atoms with Crippen LogP contribution in [0.4, 0.5) is 11.6 Å². The zero-order valence-electron chi connectivity index (χ0n) is 27.7. The van der Waals surface area contributed by atoms with Crippen molar-refractivity contribution in [2.24, 2.45) is 23.3 Å². The number of amides is 2. The number of primary amides is 2. The van der Waals surface area contributed by atoms with Gasteiger partial charge in [0.1, 0.15) is 30.0 Å². The fourth-order valence-corrected chi connectivity index (χ4v) is 6.05. The van der Waals surface area contributed by atoms with Gasteiger partial charge in [-0.1, -0.05) is 42.0 Å². The second kappa shape index (κ2) is 18.2. The molecule has 15 heteroatoms. The first-order valence-corrected chi connectivity index (χ1v) is 16.8.